The maximum Gasteiger partial charge on any atom is 0.408 e. The fourth-order valence-electron chi connectivity index (χ4n) is 3.32. The lowest BCUT2D eigenvalue weighted by Gasteiger charge is -2.21. The number of hydrogen-bond acceptors (Lipinski definition) is 6. The molecule has 0 aliphatic carbocycles. The van der Waals surface area contributed by atoms with E-state index in [2.05, 4.69) is 10.6 Å². The lowest BCUT2D eigenvalue weighted by Crippen LogP contribution is -2.54. The minimum Gasteiger partial charge on any atom is -0.489 e. The molecule has 0 saturated heterocycles. The molecular weight excluding hydrogens is 460 g/mol. The number of nitrogens with two attached hydrogens (primary N) is 1. The first-order valence-electron chi connectivity index (χ1n) is 11.5. The average Bonchev–Trinajstić information content (AvgIpc) is 2.91. The van der Waals surface area contributed by atoms with Crippen molar-refractivity contribution in [3.8, 4) is 5.75 Å². The monoisotopic (exact) mass is 490 g/mol. The first-order valence-corrected chi connectivity index (χ1v) is 11.5. The molecule has 9 heteroatoms. The third-order valence-corrected chi connectivity index (χ3v) is 5.33. The van der Waals surface area contributed by atoms with Crippen LogP contribution in [-0.2, 0) is 34.0 Å². The van der Waals surface area contributed by atoms with Crippen LogP contribution in [0.5, 0.6) is 5.75 Å². The van der Waals surface area contributed by atoms with Crippen LogP contribution in [0.25, 0.3) is 0 Å². The number of carbonyl (C=O) groups excluding carboxylic acids is 3. The second-order valence-electron chi connectivity index (χ2n) is 8.12. The molecule has 188 valence electrons. The van der Waals surface area contributed by atoms with Crippen molar-refractivity contribution in [1.82, 2.24) is 16.1 Å². The summed E-state index contributed by atoms with van der Waals surface area (Å²) in [5, 5.41) is 5.15. The van der Waals surface area contributed by atoms with Gasteiger partial charge in [0.2, 0.25) is 5.91 Å². The van der Waals surface area contributed by atoms with Gasteiger partial charge in [-0.2, -0.15) is 0 Å². The minimum absolute atomic E-state index is 0.0560. The molecule has 5 N–H and O–H groups in total. The Morgan fingerprint density at radius 3 is 1.92 bits per heavy atom. The molecule has 3 aromatic carbocycles. The Morgan fingerprint density at radius 2 is 1.33 bits per heavy atom. The molecule has 3 aromatic rings. The van der Waals surface area contributed by atoms with Gasteiger partial charge in [-0.3, -0.25) is 15.0 Å². The van der Waals surface area contributed by atoms with E-state index in [9.17, 15) is 14.4 Å². The molecule has 0 heterocycles. The van der Waals surface area contributed by atoms with Crippen molar-refractivity contribution in [2.75, 3.05) is 0 Å². The van der Waals surface area contributed by atoms with E-state index in [1.807, 2.05) is 78.2 Å². The van der Waals surface area contributed by atoms with Crippen LogP contribution in [-0.4, -0.2) is 30.0 Å². The molecular formula is C27H30N4O5. The third kappa shape index (κ3) is 8.44. The molecule has 0 aromatic heterocycles. The van der Waals surface area contributed by atoms with Crippen LogP contribution < -0.4 is 26.6 Å². The van der Waals surface area contributed by atoms with Crippen molar-refractivity contribution in [2.24, 2.45) is 5.84 Å². The number of amides is 3. The van der Waals surface area contributed by atoms with Gasteiger partial charge in [-0.15, -0.1) is 0 Å². The van der Waals surface area contributed by atoms with Crippen molar-refractivity contribution >= 4 is 17.9 Å². The summed E-state index contributed by atoms with van der Waals surface area (Å²) in [7, 11) is 0. The maximum atomic E-state index is 12.9. The van der Waals surface area contributed by atoms with Crippen LogP contribution in [0, 0.1) is 0 Å². The lowest BCUT2D eigenvalue weighted by atomic mass is 10.0. The van der Waals surface area contributed by atoms with E-state index in [1.165, 1.54) is 6.92 Å². The summed E-state index contributed by atoms with van der Waals surface area (Å²) in [6.07, 6.45) is -0.583. The predicted molar refractivity (Wildman–Crippen MR) is 134 cm³/mol. The van der Waals surface area contributed by atoms with Crippen molar-refractivity contribution in [3.63, 3.8) is 0 Å². The van der Waals surface area contributed by atoms with Gasteiger partial charge in [-0.25, -0.2) is 10.6 Å². The highest BCUT2D eigenvalue weighted by Crippen LogP contribution is 2.16. The highest BCUT2D eigenvalue weighted by atomic mass is 16.5. The van der Waals surface area contributed by atoms with Gasteiger partial charge in [-0.1, -0.05) is 72.8 Å². The van der Waals surface area contributed by atoms with Crippen LogP contribution in [0.3, 0.4) is 0 Å². The van der Waals surface area contributed by atoms with E-state index in [1.54, 1.807) is 12.1 Å². The Balaban J connectivity index is 1.62. The Kier molecular flexibility index (Phi) is 9.84. The Labute approximate surface area is 210 Å². The van der Waals surface area contributed by atoms with Gasteiger partial charge >= 0.3 is 6.09 Å². The number of ether oxygens (including phenoxy) is 2. The van der Waals surface area contributed by atoms with Crippen LogP contribution in [0.4, 0.5) is 4.79 Å². The van der Waals surface area contributed by atoms with Gasteiger partial charge in [0.05, 0.1) is 0 Å². The molecule has 9 nitrogen and oxygen atoms in total. The smallest absolute Gasteiger partial charge is 0.408 e. The molecule has 2 atom stereocenters. The molecule has 0 aliphatic heterocycles. The summed E-state index contributed by atoms with van der Waals surface area (Å²) in [5.41, 5.74) is 4.63. The molecule has 0 aliphatic rings. The average molecular weight is 491 g/mol. The van der Waals surface area contributed by atoms with Crippen LogP contribution in [0.2, 0.25) is 0 Å². The Bertz CT molecular complexity index is 1120. The largest absolute Gasteiger partial charge is 0.489 e. The number of carbonyl (C=O) groups is 3. The second-order valence-corrected chi connectivity index (χ2v) is 8.12. The summed E-state index contributed by atoms with van der Waals surface area (Å²) >= 11 is 0. The number of alkyl carbamates (subject to hydrolysis) is 1. The molecule has 0 unspecified atom stereocenters. The highest BCUT2D eigenvalue weighted by molar-refractivity contribution is 5.91. The van der Waals surface area contributed by atoms with Crippen LogP contribution >= 0.6 is 0 Å². The molecule has 0 spiro atoms. The summed E-state index contributed by atoms with van der Waals surface area (Å²) in [6.45, 7) is 1.98. The summed E-state index contributed by atoms with van der Waals surface area (Å²) < 4.78 is 11.1. The zero-order valence-corrected chi connectivity index (χ0v) is 20.0. The zero-order chi connectivity index (χ0) is 25.8. The van der Waals surface area contributed by atoms with Gasteiger partial charge in [0.1, 0.15) is 31.0 Å². The van der Waals surface area contributed by atoms with E-state index in [0.717, 1.165) is 16.7 Å². The summed E-state index contributed by atoms with van der Waals surface area (Å²) in [6, 6.07) is 24.3. The van der Waals surface area contributed by atoms with Crippen molar-refractivity contribution in [1.29, 1.82) is 0 Å². The lowest BCUT2D eigenvalue weighted by molar-refractivity contribution is -0.129. The fourth-order valence-corrected chi connectivity index (χ4v) is 3.32. The van der Waals surface area contributed by atoms with Crippen molar-refractivity contribution in [3.05, 3.63) is 102 Å². The van der Waals surface area contributed by atoms with Crippen molar-refractivity contribution < 1.29 is 23.9 Å². The predicted octanol–water partition coefficient (Wildman–Crippen LogP) is 2.60. The quantitative estimate of drug-likeness (QED) is 0.186. The van der Waals surface area contributed by atoms with Gasteiger partial charge in [0, 0.05) is 6.42 Å². The molecule has 0 radical (unpaired) electrons. The van der Waals surface area contributed by atoms with Crippen LogP contribution in [0.1, 0.15) is 23.6 Å². The SMILES string of the molecule is C[C@@H](NC(=O)[C@H](Cc1ccc(OCc2ccccc2)cc1)NC(=O)OCc1ccccc1)C(=O)NN. The van der Waals surface area contributed by atoms with Gasteiger partial charge in [-0.05, 0) is 35.7 Å². The normalized spacial score (nSPS) is 12.1. The standard InChI is InChI=1S/C27H30N4O5/c1-19(25(32)31-28)29-26(33)24(30-27(34)36-18-22-10-6-3-7-11-22)16-20-12-14-23(15-13-20)35-17-21-8-4-2-5-9-21/h2-15,19,24H,16-18,28H2,1H3,(H,29,33)(H,30,34)(H,31,32)/t19-,24+/m1/s1. The number of hydrogen-bond donors (Lipinski definition) is 4. The number of nitrogens with one attached hydrogen (secondary N) is 3. The molecule has 3 rings (SSSR count). The summed E-state index contributed by atoms with van der Waals surface area (Å²) in [4.78, 5) is 37.1. The molecule has 0 bridgehead atoms. The fraction of sp³-hybridized carbons (Fsp3) is 0.222. The zero-order valence-electron chi connectivity index (χ0n) is 20.0. The van der Waals surface area contributed by atoms with Gasteiger partial charge in [0.25, 0.3) is 5.91 Å². The first kappa shape index (κ1) is 26.2. The van der Waals surface area contributed by atoms with E-state index >= 15 is 0 Å². The van der Waals surface area contributed by atoms with Crippen LogP contribution in [0.15, 0.2) is 84.9 Å². The van der Waals surface area contributed by atoms with Gasteiger partial charge in [0.15, 0.2) is 0 Å². The number of rotatable bonds is 11. The maximum absolute atomic E-state index is 12.9. The van der Waals surface area contributed by atoms with Crippen molar-refractivity contribution in [2.45, 2.75) is 38.6 Å². The second kappa shape index (κ2) is 13.5. The molecule has 0 fully saturated rings. The van der Waals surface area contributed by atoms with E-state index in [0.29, 0.717) is 12.4 Å². The van der Waals surface area contributed by atoms with Gasteiger partial charge < -0.3 is 20.1 Å². The number of hydrazine groups is 1. The third-order valence-electron chi connectivity index (χ3n) is 5.33. The molecule has 36 heavy (non-hydrogen) atoms. The minimum atomic E-state index is -0.989. The molecule has 3 amide bonds. The first-order chi connectivity index (χ1) is 17.4. The molecule has 0 saturated carbocycles. The summed E-state index contributed by atoms with van der Waals surface area (Å²) in [5.74, 6) is 4.71. The topological polar surface area (TPSA) is 132 Å². The van der Waals surface area contributed by atoms with E-state index < -0.39 is 30.0 Å². The highest BCUT2D eigenvalue weighted by Gasteiger charge is 2.25. The number of benzene rings is 3. The van der Waals surface area contributed by atoms with E-state index in [4.69, 9.17) is 15.3 Å². The Hall–Kier alpha value is -4.37. The van der Waals surface area contributed by atoms with E-state index in [-0.39, 0.29) is 13.0 Å². The Morgan fingerprint density at radius 1 is 0.750 bits per heavy atom.